The van der Waals surface area contributed by atoms with Crippen molar-refractivity contribution in [2.24, 2.45) is 0 Å². The number of sulfone groups is 1. The number of pyridine rings is 1. The Morgan fingerprint density at radius 2 is 2.00 bits per heavy atom. The summed E-state index contributed by atoms with van der Waals surface area (Å²) in [7, 11) is -3.33. The SMILES string of the molecule is Cc1cccnc1CNC(=O)c1cccc(S(C)(=O)=O)c1. The number of aryl methyl sites for hydroxylation is 1. The highest BCUT2D eigenvalue weighted by Gasteiger charge is 2.11. The number of benzene rings is 1. The molecule has 2 rings (SSSR count). The lowest BCUT2D eigenvalue weighted by Gasteiger charge is -2.07. The minimum absolute atomic E-state index is 0.129. The second-order valence-electron chi connectivity index (χ2n) is 4.75. The van der Waals surface area contributed by atoms with E-state index in [0.717, 1.165) is 17.5 Å². The first kappa shape index (κ1) is 15.2. The van der Waals surface area contributed by atoms with Gasteiger partial charge in [0, 0.05) is 18.0 Å². The van der Waals surface area contributed by atoms with Crippen LogP contribution in [0.3, 0.4) is 0 Å². The molecule has 5 nitrogen and oxygen atoms in total. The van der Waals surface area contributed by atoms with Gasteiger partial charge in [0.1, 0.15) is 0 Å². The van der Waals surface area contributed by atoms with Crippen LogP contribution in [0.1, 0.15) is 21.6 Å². The molecule has 0 saturated carbocycles. The molecule has 1 aromatic carbocycles. The summed E-state index contributed by atoms with van der Waals surface area (Å²) >= 11 is 0. The Kier molecular flexibility index (Phi) is 4.37. The van der Waals surface area contributed by atoms with E-state index in [1.54, 1.807) is 18.3 Å². The van der Waals surface area contributed by atoms with E-state index in [9.17, 15) is 13.2 Å². The van der Waals surface area contributed by atoms with E-state index in [0.29, 0.717) is 12.1 Å². The van der Waals surface area contributed by atoms with Gasteiger partial charge in [0.25, 0.3) is 5.91 Å². The Bertz CT molecular complexity index is 770. The summed E-state index contributed by atoms with van der Waals surface area (Å²) in [5.41, 5.74) is 2.08. The Hall–Kier alpha value is -2.21. The predicted molar refractivity (Wildman–Crippen MR) is 79.7 cm³/mol. The average molecular weight is 304 g/mol. The zero-order valence-electron chi connectivity index (χ0n) is 11.8. The summed E-state index contributed by atoms with van der Waals surface area (Å²) in [6, 6.07) is 9.71. The molecule has 0 bridgehead atoms. The fraction of sp³-hybridized carbons (Fsp3) is 0.200. The standard InChI is InChI=1S/C15H16N2O3S/c1-11-5-4-8-16-14(11)10-17-15(18)12-6-3-7-13(9-12)21(2,19)20/h3-9H,10H2,1-2H3,(H,17,18). The lowest BCUT2D eigenvalue weighted by atomic mass is 10.2. The number of amides is 1. The molecule has 1 aromatic heterocycles. The van der Waals surface area contributed by atoms with Crippen molar-refractivity contribution < 1.29 is 13.2 Å². The minimum atomic E-state index is -3.33. The van der Waals surface area contributed by atoms with Gasteiger partial charge >= 0.3 is 0 Å². The van der Waals surface area contributed by atoms with E-state index in [4.69, 9.17) is 0 Å². The number of rotatable bonds is 4. The highest BCUT2D eigenvalue weighted by Crippen LogP contribution is 2.11. The van der Waals surface area contributed by atoms with Gasteiger partial charge in [-0.2, -0.15) is 0 Å². The largest absolute Gasteiger partial charge is 0.346 e. The first-order valence-electron chi connectivity index (χ1n) is 6.37. The highest BCUT2D eigenvalue weighted by atomic mass is 32.2. The summed E-state index contributed by atoms with van der Waals surface area (Å²) in [4.78, 5) is 16.4. The first-order valence-corrected chi connectivity index (χ1v) is 8.26. The summed E-state index contributed by atoms with van der Waals surface area (Å²) in [6.07, 6.45) is 2.78. The van der Waals surface area contributed by atoms with Gasteiger partial charge in [-0.15, -0.1) is 0 Å². The molecule has 1 N–H and O–H groups in total. The lowest BCUT2D eigenvalue weighted by molar-refractivity contribution is 0.0950. The molecule has 0 radical (unpaired) electrons. The molecule has 0 aliphatic rings. The quantitative estimate of drug-likeness (QED) is 0.933. The van der Waals surface area contributed by atoms with Crippen LogP contribution in [0.5, 0.6) is 0 Å². The Morgan fingerprint density at radius 1 is 1.24 bits per heavy atom. The first-order chi connectivity index (χ1) is 9.88. The van der Waals surface area contributed by atoms with Gasteiger partial charge in [0.05, 0.1) is 17.1 Å². The smallest absolute Gasteiger partial charge is 0.251 e. The average Bonchev–Trinajstić information content (AvgIpc) is 2.45. The third-order valence-corrected chi connectivity index (χ3v) is 4.17. The number of carbonyl (C=O) groups is 1. The molecule has 6 heteroatoms. The number of carbonyl (C=O) groups excluding carboxylic acids is 1. The van der Waals surface area contributed by atoms with E-state index < -0.39 is 9.84 Å². The van der Waals surface area contributed by atoms with Crippen LogP contribution in [-0.2, 0) is 16.4 Å². The molecule has 0 saturated heterocycles. The highest BCUT2D eigenvalue weighted by molar-refractivity contribution is 7.90. The van der Waals surface area contributed by atoms with Gasteiger partial charge < -0.3 is 5.32 Å². The van der Waals surface area contributed by atoms with Crippen molar-refractivity contribution in [1.82, 2.24) is 10.3 Å². The van der Waals surface area contributed by atoms with Crippen LogP contribution in [0.4, 0.5) is 0 Å². The van der Waals surface area contributed by atoms with Gasteiger partial charge in [-0.1, -0.05) is 12.1 Å². The molecule has 2 aromatic rings. The number of hydrogen-bond donors (Lipinski definition) is 1. The summed E-state index contributed by atoms with van der Waals surface area (Å²) in [5.74, 6) is -0.328. The monoisotopic (exact) mass is 304 g/mol. The Labute approximate surface area is 124 Å². The molecule has 0 spiro atoms. The minimum Gasteiger partial charge on any atom is -0.346 e. The predicted octanol–water partition coefficient (Wildman–Crippen LogP) is 1.72. The number of aromatic nitrogens is 1. The van der Waals surface area contributed by atoms with Crippen LogP contribution in [0.15, 0.2) is 47.5 Å². The van der Waals surface area contributed by atoms with Gasteiger partial charge in [-0.05, 0) is 36.8 Å². The molecule has 1 heterocycles. The van der Waals surface area contributed by atoms with Crippen molar-refractivity contribution in [3.05, 3.63) is 59.4 Å². The molecule has 1 amide bonds. The van der Waals surface area contributed by atoms with Gasteiger partial charge in [-0.3, -0.25) is 9.78 Å². The lowest BCUT2D eigenvalue weighted by Crippen LogP contribution is -2.24. The van der Waals surface area contributed by atoms with Gasteiger partial charge in [0.15, 0.2) is 9.84 Å². The molecular weight excluding hydrogens is 288 g/mol. The van der Waals surface area contributed by atoms with E-state index in [1.165, 1.54) is 12.1 Å². The molecule has 0 fully saturated rings. The van der Waals surface area contributed by atoms with Gasteiger partial charge in [0.2, 0.25) is 0 Å². The molecule has 0 unspecified atom stereocenters. The second-order valence-corrected chi connectivity index (χ2v) is 6.77. The molecular formula is C15H16N2O3S. The van der Waals surface area contributed by atoms with Crippen molar-refractivity contribution in [2.75, 3.05) is 6.26 Å². The molecule has 0 aliphatic carbocycles. The van der Waals surface area contributed by atoms with Crippen LogP contribution in [0.25, 0.3) is 0 Å². The van der Waals surface area contributed by atoms with Crippen molar-refractivity contribution in [2.45, 2.75) is 18.4 Å². The van der Waals surface area contributed by atoms with Crippen molar-refractivity contribution in [3.8, 4) is 0 Å². The molecule has 21 heavy (non-hydrogen) atoms. The zero-order chi connectivity index (χ0) is 15.5. The Balaban J connectivity index is 2.13. The summed E-state index contributed by atoms with van der Waals surface area (Å²) in [6.45, 7) is 2.22. The number of nitrogens with zero attached hydrogens (tertiary/aromatic N) is 1. The third kappa shape index (κ3) is 3.88. The third-order valence-electron chi connectivity index (χ3n) is 3.06. The normalized spacial score (nSPS) is 11.1. The number of hydrogen-bond acceptors (Lipinski definition) is 4. The Morgan fingerprint density at radius 3 is 2.67 bits per heavy atom. The van der Waals surface area contributed by atoms with Crippen LogP contribution in [0, 0.1) is 6.92 Å². The van der Waals surface area contributed by atoms with Crippen LogP contribution in [0.2, 0.25) is 0 Å². The summed E-state index contributed by atoms with van der Waals surface area (Å²) < 4.78 is 23.0. The van der Waals surface area contributed by atoms with E-state index in [1.807, 2.05) is 19.1 Å². The van der Waals surface area contributed by atoms with Crippen molar-refractivity contribution >= 4 is 15.7 Å². The topological polar surface area (TPSA) is 76.1 Å². The van der Waals surface area contributed by atoms with Crippen LogP contribution in [-0.4, -0.2) is 25.6 Å². The van der Waals surface area contributed by atoms with E-state index in [-0.39, 0.29) is 10.8 Å². The fourth-order valence-corrected chi connectivity index (χ4v) is 2.50. The molecule has 110 valence electrons. The number of nitrogens with one attached hydrogen (secondary N) is 1. The fourth-order valence-electron chi connectivity index (χ4n) is 1.84. The van der Waals surface area contributed by atoms with E-state index in [2.05, 4.69) is 10.3 Å². The van der Waals surface area contributed by atoms with Gasteiger partial charge in [-0.25, -0.2) is 8.42 Å². The van der Waals surface area contributed by atoms with Crippen LogP contribution < -0.4 is 5.32 Å². The maximum Gasteiger partial charge on any atom is 0.251 e. The molecule has 0 atom stereocenters. The van der Waals surface area contributed by atoms with Crippen LogP contribution >= 0.6 is 0 Å². The van der Waals surface area contributed by atoms with E-state index >= 15 is 0 Å². The maximum atomic E-state index is 12.1. The van der Waals surface area contributed by atoms with Crippen molar-refractivity contribution in [1.29, 1.82) is 0 Å². The second kappa shape index (κ2) is 6.05. The summed E-state index contributed by atoms with van der Waals surface area (Å²) in [5, 5.41) is 2.74. The zero-order valence-corrected chi connectivity index (χ0v) is 12.6. The maximum absolute atomic E-state index is 12.1. The molecule has 0 aliphatic heterocycles. The van der Waals surface area contributed by atoms with Crippen molar-refractivity contribution in [3.63, 3.8) is 0 Å².